The minimum Gasteiger partial charge on any atom is -0.493 e. The Morgan fingerprint density at radius 3 is 2.38 bits per heavy atom. The number of halogens is 2. The average Bonchev–Trinajstić information content (AvgIpc) is 2.94. The first-order valence-electron chi connectivity index (χ1n) is 9.27. The van der Waals surface area contributed by atoms with Crippen molar-refractivity contribution in [2.24, 2.45) is 0 Å². The Labute approximate surface area is 187 Å². The lowest BCUT2D eigenvalue weighted by atomic mass is 10.1. The van der Waals surface area contributed by atoms with Crippen molar-refractivity contribution in [1.82, 2.24) is 4.90 Å². The van der Waals surface area contributed by atoms with Gasteiger partial charge in [-0.3, -0.25) is 14.5 Å². The van der Waals surface area contributed by atoms with Crippen LogP contribution in [0.25, 0.3) is 0 Å². The van der Waals surface area contributed by atoms with E-state index in [1.54, 1.807) is 12.1 Å². The van der Waals surface area contributed by atoms with Gasteiger partial charge in [0.25, 0.3) is 5.24 Å². The monoisotopic (exact) mass is 497 g/mol. The van der Waals surface area contributed by atoms with Gasteiger partial charge in [-0.05, 0) is 65.5 Å². The van der Waals surface area contributed by atoms with Crippen LogP contribution in [0.15, 0.2) is 40.9 Å². The number of rotatable bonds is 8. The zero-order chi connectivity index (χ0) is 21.0. The molecule has 0 saturated carbocycles. The van der Waals surface area contributed by atoms with Crippen molar-refractivity contribution >= 4 is 50.4 Å². The van der Waals surface area contributed by atoms with E-state index in [-0.39, 0.29) is 17.7 Å². The van der Waals surface area contributed by atoms with Gasteiger partial charge in [0.15, 0.2) is 0 Å². The van der Waals surface area contributed by atoms with Crippen molar-refractivity contribution in [2.45, 2.75) is 32.1 Å². The van der Waals surface area contributed by atoms with Crippen LogP contribution in [0.3, 0.4) is 0 Å². The molecule has 1 heterocycles. The average molecular weight is 499 g/mol. The second kappa shape index (κ2) is 9.87. The van der Waals surface area contributed by atoms with Crippen molar-refractivity contribution in [2.75, 3.05) is 13.2 Å². The smallest absolute Gasteiger partial charge is 0.289 e. The van der Waals surface area contributed by atoms with Gasteiger partial charge in [0.1, 0.15) is 11.5 Å². The van der Waals surface area contributed by atoms with Crippen LogP contribution in [0.2, 0.25) is 5.02 Å². The third-order valence-electron chi connectivity index (χ3n) is 4.38. The first kappa shape index (κ1) is 22.0. The van der Waals surface area contributed by atoms with Crippen molar-refractivity contribution in [3.8, 4) is 11.5 Å². The first-order chi connectivity index (χ1) is 13.9. The summed E-state index contributed by atoms with van der Waals surface area (Å²) in [5.41, 5.74) is 1.71. The van der Waals surface area contributed by atoms with Crippen molar-refractivity contribution in [3.05, 3.63) is 57.0 Å². The maximum Gasteiger partial charge on any atom is 0.289 e. The largest absolute Gasteiger partial charge is 0.493 e. The van der Waals surface area contributed by atoms with E-state index in [0.29, 0.717) is 36.2 Å². The van der Waals surface area contributed by atoms with Gasteiger partial charge < -0.3 is 9.47 Å². The molecular weight excluding hydrogens is 478 g/mol. The van der Waals surface area contributed by atoms with Gasteiger partial charge >= 0.3 is 0 Å². The third kappa shape index (κ3) is 5.27. The van der Waals surface area contributed by atoms with Crippen LogP contribution in [0.4, 0.5) is 4.79 Å². The molecule has 1 fully saturated rings. The van der Waals surface area contributed by atoms with Crippen LogP contribution >= 0.6 is 39.3 Å². The van der Waals surface area contributed by atoms with Crippen molar-refractivity contribution in [3.63, 3.8) is 0 Å². The van der Waals surface area contributed by atoms with Crippen molar-refractivity contribution in [1.29, 1.82) is 0 Å². The summed E-state index contributed by atoms with van der Waals surface area (Å²) in [5, 5.41) is -0.110. The number of amides is 2. The SMILES string of the molecule is CCOc1cc(OCC)c(C[C@H]2SC(=O)N(Cc3ccc(Cl)cc3)C2=O)cc1Br. The number of thioether (sulfide) groups is 1. The second-order valence-electron chi connectivity index (χ2n) is 6.38. The van der Waals surface area contributed by atoms with Gasteiger partial charge in [0.05, 0.1) is 29.5 Å². The highest BCUT2D eigenvalue weighted by atomic mass is 79.9. The Balaban J connectivity index is 1.78. The van der Waals surface area contributed by atoms with Gasteiger partial charge in [-0.15, -0.1) is 0 Å². The summed E-state index contributed by atoms with van der Waals surface area (Å²) in [4.78, 5) is 26.6. The van der Waals surface area contributed by atoms with Gasteiger partial charge in [-0.25, -0.2) is 0 Å². The predicted octanol–water partition coefficient (Wildman–Crippen LogP) is 5.71. The topological polar surface area (TPSA) is 55.8 Å². The number of benzene rings is 2. The van der Waals surface area contributed by atoms with Crippen LogP contribution in [0, 0.1) is 0 Å². The molecule has 2 amide bonds. The van der Waals surface area contributed by atoms with Crippen LogP contribution in [0.1, 0.15) is 25.0 Å². The minimum atomic E-state index is -0.487. The van der Waals surface area contributed by atoms with Gasteiger partial charge in [0, 0.05) is 11.1 Å². The molecule has 1 aliphatic rings. The zero-order valence-electron chi connectivity index (χ0n) is 16.1. The zero-order valence-corrected chi connectivity index (χ0v) is 19.3. The Morgan fingerprint density at radius 2 is 1.72 bits per heavy atom. The predicted molar refractivity (Wildman–Crippen MR) is 119 cm³/mol. The Morgan fingerprint density at radius 1 is 1.07 bits per heavy atom. The maximum atomic E-state index is 12.9. The highest BCUT2D eigenvalue weighted by Gasteiger charge is 2.40. The van der Waals surface area contributed by atoms with E-state index in [1.807, 2.05) is 38.1 Å². The summed E-state index contributed by atoms with van der Waals surface area (Å²) in [6.07, 6.45) is 0.396. The molecule has 1 saturated heterocycles. The summed E-state index contributed by atoms with van der Waals surface area (Å²) in [6, 6.07) is 10.9. The summed E-state index contributed by atoms with van der Waals surface area (Å²) in [7, 11) is 0. The highest BCUT2D eigenvalue weighted by Crippen LogP contribution is 2.37. The molecular formula is C21H21BrClNO4S. The lowest BCUT2D eigenvalue weighted by Crippen LogP contribution is -2.31. The van der Waals surface area contributed by atoms with E-state index in [9.17, 15) is 9.59 Å². The Hall–Kier alpha value is -1.70. The van der Waals surface area contributed by atoms with Crippen LogP contribution < -0.4 is 9.47 Å². The van der Waals surface area contributed by atoms with Crippen LogP contribution in [-0.2, 0) is 17.8 Å². The lowest BCUT2D eigenvalue weighted by molar-refractivity contribution is -0.127. The molecule has 0 aromatic heterocycles. The van der Waals surface area contributed by atoms with Crippen LogP contribution in [-0.4, -0.2) is 34.5 Å². The highest BCUT2D eigenvalue weighted by molar-refractivity contribution is 9.10. The molecule has 5 nitrogen and oxygen atoms in total. The molecule has 2 aromatic rings. The fraction of sp³-hybridized carbons (Fsp3) is 0.333. The van der Waals surface area contributed by atoms with E-state index >= 15 is 0 Å². The summed E-state index contributed by atoms with van der Waals surface area (Å²) >= 11 is 10.5. The molecule has 0 aliphatic carbocycles. The molecule has 0 spiro atoms. The summed E-state index contributed by atoms with van der Waals surface area (Å²) in [5.74, 6) is 1.16. The molecule has 0 N–H and O–H groups in total. The van der Waals surface area contributed by atoms with Crippen molar-refractivity contribution < 1.29 is 19.1 Å². The van der Waals surface area contributed by atoms with E-state index in [0.717, 1.165) is 27.4 Å². The molecule has 154 valence electrons. The van der Waals surface area contributed by atoms with Crippen LogP contribution in [0.5, 0.6) is 11.5 Å². The molecule has 29 heavy (non-hydrogen) atoms. The van der Waals surface area contributed by atoms with E-state index in [4.69, 9.17) is 21.1 Å². The number of nitrogens with zero attached hydrogens (tertiary/aromatic N) is 1. The number of hydrogen-bond acceptors (Lipinski definition) is 5. The van der Waals surface area contributed by atoms with Gasteiger partial charge in [-0.2, -0.15) is 0 Å². The second-order valence-corrected chi connectivity index (χ2v) is 8.83. The number of carbonyl (C=O) groups is 2. The fourth-order valence-electron chi connectivity index (χ4n) is 3.03. The number of carbonyl (C=O) groups excluding carboxylic acids is 2. The molecule has 1 atom stereocenters. The Kier molecular flexibility index (Phi) is 7.49. The fourth-order valence-corrected chi connectivity index (χ4v) is 4.68. The minimum absolute atomic E-state index is 0.192. The molecule has 1 aliphatic heterocycles. The number of imide groups is 1. The van der Waals surface area contributed by atoms with E-state index in [1.165, 1.54) is 4.90 Å². The molecule has 3 rings (SSSR count). The summed E-state index contributed by atoms with van der Waals surface area (Å²) < 4.78 is 12.1. The Bertz CT molecular complexity index is 906. The number of ether oxygens (including phenoxy) is 2. The maximum absolute atomic E-state index is 12.9. The standard InChI is InChI=1S/C21H21BrClNO4S/c1-3-27-17-11-18(28-4-2)16(22)9-14(17)10-19-20(25)24(21(26)29-19)12-13-5-7-15(23)8-6-13/h5-9,11,19H,3-4,10,12H2,1-2H3/t19-/m1/s1. The molecule has 2 aromatic carbocycles. The molecule has 0 radical (unpaired) electrons. The number of hydrogen-bond donors (Lipinski definition) is 0. The third-order valence-corrected chi connectivity index (χ3v) is 6.33. The summed E-state index contributed by atoms with van der Waals surface area (Å²) in [6.45, 7) is 5.08. The first-order valence-corrected chi connectivity index (χ1v) is 11.3. The molecule has 0 bridgehead atoms. The van der Waals surface area contributed by atoms with Gasteiger partial charge in [-0.1, -0.05) is 35.5 Å². The normalized spacial score (nSPS) is 16.4. The lowest BCUT2D eigenvalue weighted by Gasteiger charge is -2.17. The quantitative estimate of drug-likeness (QED) is 0.467. The molecule has 0 unspecified atom stereocenters. The van der Waals surface area contributed by atoms with Gasteiger partial charge in [0.2, 0.25) is 5.91 Å². The van der Waals surface area contributed by atoms with E-state index in [2.05, 4.69) is 15.9 Å². The van der Waals surface area contributed by atoms with E-state index < -0.39 is 5.25 Å². The molecule has 8 heteroatoms.